The summed E-state index contributed by atoms with van der Waals surface area (Å²) in [5, 5.41) is 13.9. The van der Waals surface area contributed by atoms with E-state index in [1.54, 1.807) is 23.1 Å². The molecule has 0 bridgehead atoms. The molecule has 1 aliphatic heterocycles. The first-order chi connectivity index (χ1) is 20.8. The lowest BCUT2D eigenvalue weighted by Crippen LogP contribution is -2.50. The Morgan fingerprint density at radius 2 is 1.79 bits per heavy atom. The number of piperazine rings is 1. The third-order valence-corrected chi connectivity index (χ3v) is 6.96. The number of alkyl halides is 2. The molecule has 220 valence electrons. The molecule has 2 amide bonds. The van der Waals surface area contributed by atoms with E-state index in [-0.39, 0.29) is 46.8 Å². The molecule has 1 aliphatic rings. The third kappa shape index (κ3) is 5.79. The summed E-state index contributed by atoms with van der Waals surface area (Å²) in [6.07, 6.45) is 0.944. The van der Waals surface area contributed by atoms with Crippen LogP contribution in [0, 0.1) is 5.82 Å². The Balaban J connectivity index is 1.20. The van der Waals surface area contributed by atoms with E-state index in [0.717, 1.165) is 11.8 Å². The average molecular weight is 592 g/mol. The van der Waals surface area contributed by atoms with Gasteiger partial charge in [0, 0.05) is 38.8 Å². The number of anilines is 1. The molecule has 2 aromatic carbocycles. The molecule has 15 heteroatoms. The molecule has 1 N–H and O–H groups in total. The van der Waals surface area contributed by atoms with Crippen molar-refractivity contribution in [2.45, 2.75) is 19.5 Å². The molecule has 0 unspecified atom stereocenters. The molecule has 3 aromatic heterocycles. The second-order valence-electron chi connectivity index (χ2n) is 9.82. The number of aromatic nitrogens is 6. The van der Waals surface area contributed by atoms with Gasteiger partial charge in [-0.15, -0.1) is 10.2 Å². The van der Waals surface area contributed by atoms with Crippen molar-refractivity contribution in [1.29, 1.82) is 0 Å². The predicted octanol–water partition coefficient (Wildman–Crippen LogP) is 3.92. The van der Waals surface area contributed by atoms with Crippen LogP contribution in [-0.4, -0.2) is 78.0 Å². The number of pyridine rings is 1. The molecule has 1 fully saturated rings. The fourth-order valence-corrected chi connectivity index (χ4v) is 4.98. The van der Waals surface area contributed by atoms with Crippen LogP contribution in [0.3, 0.4) is 0 Å². The number of oxazole rings is 1. The summed E-state index contributed by atoms with van der Waals surface area (Å²) in [6, 6.07) is 14.8. The van der Waals surface area contributed by atoms with Gasteiger partial charge in [-0.1, -0.05) is 35.1 Å². The number of benzene rings is 2. The molecular weight excluding hydrogens is 567 g/mol. The summed E-state index contributed by atoms with van der Waals surface area (Å²) in [5.74, 6) is -1.30. The molecule has 43 heavy (non-hydrogen) atoms. The lowest BCUT2D eigenvalue weighted by atomic mass is 10.0. The van der Waals surface area contributed by atoms with Crippen LogP contribution in [0.1, 0.15) is 41.4 Å². The molecule has 0 saturated carbocycles. The first-order valence-corrected chi connectivity index (χ1v) is 13.3. The van der Waals surface area contributed by atoms with Crippen LogP contribution in [0.4, 0.5) is 18.9 Å². The molecule has 5 aromatic rings. The van der Waals surface area contributed by atoms with E-state index in [2.05, 4.69) is 30.7 Å². The van der Waals surface area contributed by atoms with Gasteiger partial charge in [-0.05, 0) is 35.0 Å². The molecule has 6 rings (SSSR count). The van der Waals surface area contributed by atoms with Crippen molar-refractivity contribution in [2.75, 3.05) is 31.5 Å². The average Bonchev–Trinajstić information content (AvgIpc) is 3.66. The number of hydrogen-bond donors (Lipinski definition) is 1. The first-order valence-electron chi connectivity index (χ1n) is 13.3. The zero-order chi connectivity index (χ0) is 30.1. The summed E-state index contributed by atoms with van der Waals surface area (Å²) in [7, 11) is 0. The number of tetrazole rings is 1. The van der Waals surface area contributed by atoms with Gasteiger partial charge in [0.2, 0.25) is 11.8 Å². The highest BCUT2D eigenvalue weighted by Gasteiger charge is 2.32. The van der Waals surface area contributed by atoms with Crippen LogP contribution in [-0.2, 0) is 4.79 Å². The molecule has 12 nitrogen and oxygen atoms in total. The van der Waals surface area contributed by atoms with Crippen molar-refractivity contribution in [1.82, 2.24) is 40.0 Å². The Kier molecular flexibility index (Phi) is 7.54. The van der Waals surface area contributed by atoms with E-state index in [4.69, 9.17) is 4.42 Å². The van der Waals surface area contributed by atoms with Gasteiger partial charge in [0.05, 0.1) is 17.8 Å². The Labute approximate surface area is 242 Å². The molecule has 1 atom stereocenters. The number of carbonyl (C=O) groups is 2. The topological polar surface area (TPSA) is 135 Å². The number of hydrogen-bond acceptors (Lipinski definition) is 9. The largest absolute Gasteiger partial charge is 0.436 e. The number of halogens is 3. The number of amides is 2. The van der Waals surface area contributed by atoms with E-state index < -0.39 is 24.3 Å². The van der Waals surface area contributed by atoms with Crippen LogP contribution in [0.15, 0.2) is 65.2 Å². The van der Waals surface area contributed by atoms with Gasteiger partial charge in [-0.25, -0.2) is 14.4 Å². The number of fused-ring (bicyclic) bond motifs is 1. The maximum absolute atomic E-state index is 14.8. The van der Waals surface area contributed by atoms with E-state index >= 15 is 0 Å². The lowest BCUT2D eigenvalue weighted by Gasteiger charge is -2.38. The Hall–Kier alpha value is -5.18. The minimum Gasteiger partial charge on any atom is -0.436 e. The normalized spacial score (nSPS) is 14.8. The number of nitrogens with zero attached hydrogens (tertiary/aromatic N) is 8. The van der Waals surface area contributed by atoms with Gasteiger partial charge in [-0.3, -0.25) is 14.5 Å². The van der Waals surface area contributed by atoms with Crippen molar-refractivity contribution in [3.8, 4) is 11.5 Å². The smallest absolute Gasteiger partial charge is 0.350 e. The maximum Gasteiger partial charge on any atom is 0.350 e. The van der Waals surface area contributed by atoms with Gasteiger partial charge in [-0.2, -0.15) is 8.78 Å². The van der Waals surface area contributed by atoms with E-state index in [0.29, 0.717) is 29.9 Å². The minimum absolute atomic E-state index is 0.00666. The predicted molar refractivity (Wildman–Crippen MR) is 146 cm³/mol. The van der Waals surface area contributed by atoms with Crippen molar-refractivity contribution < 1.29 is 27.2 Å². The maximum atomic E-state index is 14.8. The van der Waals surface area contributed by atoms with Crippen LogP contribution >= 0.6 is 0 Å². The lowest BCUT2D eigenvalue weighted by molar-refractivity contribution is -0.114. The SMILES string of the molecule is CC(=O)Nc1ccc2oc(-c3cc(C(=O)N4CCN([C@H](c5ccccc5)c5nnn(C(F)F)n5)CC4)ncc3F)nc2c1. The highest BCUT2D eigenvalue weighted by molar-refractivity contribution is 5.94. The summed E-state index contributed by atoms with van der Waals surface area (Å²) >= 11 is 0. The zero-order valence-corrected chi connectivity index (χ0v) is 22.7. The van der Waals surface area contributed by atoms with Gasteiger partial charge < -0.3 is 14.6 Å². The quantitative estimate of drug-likeness (QED) is 0.299. The zero-order valence-electron chi connectivity index (χ0n) is 22.7. The summed E-state index contributed by atoms with van der Waals surface area (Å²) in [6.45, 7) is -0.210. The number of carbonyl (C=O) groups excluding carboxylic acids is 2. The van der Waals surface area contributed by atoms with Crippen molar-refractivity contribution in [3.63, 3.8) is 0 Å². The molecule has 4 heterocycles. The molecule has 0 spiro atoms. The van der Waals surface area contributed by atoms with Gasteiger partial charge in [0.15, 0.2) is 17.2 Å². The number of nitrogens with one attached hydrogen (secondary N) is 1. The molecule has 0 radical (unpaired) electrons. The molecular formula is C28H24F3N9O3. The summed E-state index contributed by atoms with van der Waals surface area (Å²) in [4.78, 5) is 37.0. The van der Waals surface area contributed by atoms with E-state index in [1.807, 2.05) is 35.2 Å². The fourth-order valence-electron chi connectivity index (χ4n) is 4.98. The van der Waals surface area contributed by atoms with Crippen molar-refractivity contribution in [2.24, 2.45) is 0 Å². The Morgan fingerprint density at radius 3 is 2.49 bits per heavy atom. The Morgan fingerprint density at radius 1 is 1.02 bits per heavy atom. The third-order valence-electron chi connectivity index (χ3n) is 6.96. The van der Waals surface area contributed by atoms with Gasteiger partial charge in [0.1, 0.15) is 11.2 Å². The highest BCUT2D eigenvalue weighted by Crippen LogP contribution is 2.30. The van der Waals surface area contributed by atoms with Crippen LogP contribution in [0.25, 0.3) is 22.6 Å². The highest BCUT2D eigenvalue weighted by atomic mass is 19.3. The van der Waals surface area contributed by atoms with E-state index in [9.17, 15) is 22.8 Å². The van der Waals surface area contributed by atoms with Crippen LogP contribution in [0.5, 0.6) is 0 Å². The Bertz CT molecular complexity index is 1790. The number of rotatable bonds is 7. The van der Waals surface area contributed by atoms with Gasteiger partial charge >= 0.3 is 6.55 Å². The van der Waals surface area contributed by atoms with E-state index in [1.165, 1.54) is 13.0 Å². The van der Waals surface area contributed by atoms with Crippen LogP contribution < -0.4 is 5.32 Å². The minimum atomic E-state index is -2.92. The second-order valence-corrected chi connectivity index (χ2v) is 9.82. The van der Waals surface area contributed by atoms with Crippen molar-refractivity contribution >= 4 is 28.6 Å². The van der Waals surface area contributed by atoms with Gasteiger partial charge in [0.25, 0.3) is 5.91 Å². The standard InChI is InChI=1S/C28H24F3N9O3/c1-16(41)33-18-7-8-23-21(13-18)34-26(43-23)19-14-22(32-15-20(19)29)27(42)39-11-9-38(10-12-39)24(17-5-3-2-4-6-17)25-35-37-40(36-25)28(30)31/h2-8,13-15,24,28H,9-12H2,1H3,(H,33,41)/t24-/m1/s1. The van der Waals surface area contributed by atoms with Crippen LogP contribution in [0.2, 0.25) is 0 Å². The fraction of sp³-hybridized carbons (Fsp3) is 0.250. The molecule has 1 saturated heterocycles. The monoisotopic (exact) mass is 591 g/mol. The second kappa shape index (κ2) is 11.6. The molecule has 0 aliphatic carbocycles. The first kappa shape index (κ1) is 28.0. The van der Waals surface area contributed by atoms with Crippen molar-refractivity contribution in [3.05, 3.63) is 83.7 Å². The summed E-state index contributed by atoms with van der Waals surface area (Å²) < 4.78 is 46.9. The summed E-state index contributed by atoms with van der Waals surface area (Å²) in [5.41, 5.74) is 2.05.